The topological polar surface area (TPSA) is 83.2 Å². The molecule has 2 aliphatic heterocycles. The van der Waals surface area contributed by atoms with E-state index in [1.165, 1.54) is 29.7 Å². The van der Waals surface area contributed by atoms with Gasteiger partial charge in [0.1, 0.15) is 5.69 Å². The molecule has 2 amide bonds. The number of guanidine groups is 1. The fourth-order valence-electron chi connectivity index (χ4n) is 2.83. The highest BCUT2D eigenvalue weighted by Gasteiger charge is 2.32. The molecule has 26 heavy (non-hydrogen) atoms. The summed E-state index contributed by atoms with van der Waals surface area (Å²) < 4.78 is 40.7. The Morgan fingerprint density at radius 2 is 1.88 bits per heavy atom. The van der Waals surface area contributed by atoms with Gasteiger partial charge in [-0.2, -0.15) is 10.1 Å². The van der Waals surface area contributed by atoms with Crippen LogP contribution < -0.4 is 0 Å². The maximum Gasteiger partial charge on any atom is 0.289 e. The first kappa shape index (κ1) is 18.1. The molecular weight excluding hydrogens is 353 g/mol. The van der Waals surface area contributed by atoms with Crippen LogP contribution in [0.5, 0.6) is 0 Å². The number of aryl methyl sites for hydroxylation is 1. The maximum atomic E-state index is 13.4. The van der Waals surface area contributed by atoms with E-state index in [-0.39, 0.29) is 30.3 Å². The fourth-order valence-corrected chi connectivity index (χ4v) is 2.83. The van der Waals surface area contributed by atoms with Crippen LogP contribution in [0.25, 0.3) is 0 Å². The van der Waals surface area contributed by atoms with Crippen molar-refractivity contribution in [2.24, 2.45) is 17.0 Å². The summed E-state index contributed by atoms with van der Waals surface area (Å²) in [6.45, 7) is 2.48. The molecule has 0 radical (unpaired) electrons. The molecule has 1 aromatic heterocycles. The summed E-state index contributed by atoms with van der Waals surface area (Å²) in [6.07, 6.45) is -3.39. The lowest BCUT2D eigenvalue weighted by atomic mass is 10.2. The van der Waals surface area contributed by atoms with Gasteiger partial charge in [0.05, 0.1) is 11.3 Å². The van der Waals surface area contributed by atoms with E-state index in [1.54, 1.807) is 4.90 Å². The van der Waals surface area contributed by atoms with Crippen LogP contribution in [-0.2, 0) is 11.8 Å². The summed E-state index contributed by atoms with van der Waals surface area (Å²) in [5, 5.41) is 3.64. The summed E-state index contributed by atoms with van der Waals surface area (Å²) in [5.41, 5.74) is -0.637. The van der Waals surface area contributed by atoms with E-state index >= 15 is 0 Å². The number of aliphatic imine (C=N–C) groups is 2. The smallest absolute Gasteiger partial charge is 0.289 e. The largest absolute Gasteiger partial charge is 0.337 e. The number of nitrogens with zero attached hydrogens (tertiary/aromatic N) is 6. The molecule has 1 aromatic rings. The third-order valence-electron chi connectivity index (χ3n) is 4.21. The first-order valence-corrected chi connectivity index (χ1v) is 7.95. The van der Waals surface area contributed by atoms with Crippen LogP contribution >= 0.6 is 0 Å². The molecule has 0 aromatic carbocycles. The third kappa shape index (κ3) is 3.33. The van der Waals surface area contributed by atoms with E-state index in [0.717, 1.165) is 0 Å². The lowest BCUT2D eigenvalue weighted by Crippen LogP contribution is -2.51. The number of hydrogen-bond acceptors (Lipinski definition) is 5. The minimum absolute atomic E-state index is 0.0374. The summed E-state index contributed by atoms with van der Waals surface area (Å²) in [6, 6.07) is 0. The molecule has 0 aliphatic carbocycles. The van der Waals surface area contributed by atoms with Crippen LogP contribution in [-0.4, -0.2) is 75.4 Å². The van der Waals surface area contributed by atoms with Gasteiger partial charge in [-0.15, -0.1) is 0 Å². The van der Waals surface area contributed by atoms with Gasteiger partial charge in [-0.1, -0.05) is 0 Å². The van der Waals surface area contributed by atoms with E-state index < -0.39 is 30.1 Å². The Kier molecular flexibility index (Phi) is 4.79. The minimum atomic E-state index is -2.84. The highest BCUT2D eigenvalue weighted by molar-refractivity contribution is 6.16. The van der Waals surface area contributed by atoms with Crippen molar-refractivity contribution in [1.82, 2.24) is 19.6 Å². The second-order valence-corrected chi connectivity index (χ2v) is 6.05. The molecule has 2 aliphatic rings. The summed E-state index contributed by atoms with van der Waals surface area (Å²) in [7, 11) is 1.47. The number of alkyl halides is 3. The van der Waals surface area contributed by atoms with Crippen molar-refractivity contribution in [2.45, 2.75) is 19.5 Å². The molecule has 8 nitrogen and oxygen atoms in total. The Hall–Kier alpha value is -2.72. The number of amides is 2. The van der Waals surface area contributed by atoms with Crippen LogP contribution in [0.2, 0.25) is 0 Å². The zero-order valence-corrected chi connectivity index (χ0v) is 14.2. The van der Waals surface area contributed by atoms with Gasteiger partial charge in [0, 0.05) is 39.4 Å². The summed E-state index contributed by atoms with van der Waals surface area (Å²) in [4.78, 5) is 34.7. The molecule has 3 rings (SSSR count). The highest BCUT2D eigenvalue weighted by Crippen LogP contribution is 2.23. The van der Waals surface area contributed by atoms with Crippen LogP contribution in [0.1, 0.15) is 29.4 Å². The zero-order chi connectivity index (χ0) is 19.0. The Bertz CT molecular complexity index is 795. The fraction of sp³-hybridized carbons (Fsp3) is 0.533. The molecule has 1 fully saturated rings. The van der Waals surface area contributed by atoms with Gasteiger partial charge in [-0.05, 0) is 6.92 Å². The van der Waals surface area contributed by atoms with E-state index in [1.807, 2.05) is 0 Å². The molecule has 1 unspecified atom stereocenters. The number of aromatic nitrogens is 2. The predicted molar refractivity (Wildman–Crippen MR) is 86.1 cm³/mol. The molecule has 1 saturated heterocycles. The van der Waals surface area contributed by atoms with Crippen LogP contribution in [0.4, 0.5) is 13.2 Å². The average Bonchev–Trinajstić information content (AvgIpc) is 3.01. The number of carbonyl (C=O) groups excluding carboxylic acids is 2. The van der Waals surface area contributed by atoms with Crippen LogP contribution in [0.3, 0.4) is 0 Å². The Balaban J connectivity index is 1.69. The monoisotopic (exact) mass is 370 g/mol. The number of rotatable bonds is 2. The first-order valence-electron chi connectivity index (χ1n) is 7.95. The first-order chi connectivity index (χ1) is 12.3. The van der Waals surface area contributed by atoms with Gasteiger partial charge in [0.2, 0.25) is 12.1 Å². The van der Waals surface area contributed by atoms with E-state index in [0.29, 0.717) is 13.1 Å². The Morgan fingerprint density at radius 3 is 2.46 bits per heavy atom. The van der Waals surface area contributed by atoms with Crippen molar-refractivity contribution in [3.05, 3.63) is 17.5 Å². The SMILES string of the molecule is CC1=NC(N2CCN(C(=O)c3cn(C)nc3C(F)F)CC2)=NC(=O)C1F. The lowest BCUT2D eigenvalue weighted by molar-refractivity contribution is -0.120. The Labute approximate surface area is 147 Å². The van der Waals surface area contributed by atoms with Crippen molar-refractivity contribution >= 4 is 23.5 Å². The third-order valence-corrected chi connectivity index (χ3v) is 4.21. The van der Waals surface area contributed by atoms with Gasteiger partial charge >= 0.3 is 0 Å². The number of piperazine rings is 1. The molecule has 1 atom stereocenters. The van der Waals surface area contributed by atoms with Crippen LogP contribution in [0.15, 0.2) is 16.2 Å². The van der Waals surface area contributed by atoms with Crippen molar-refractivity contribution < 1.29 is 22.8 Å². The van der Waals surface area contributed by atoms with Gasteiger partial charge in [0.15, 0.2) is 0 Å². The summed E-state index contributed by atoms with van der Waals surface area (Å²) in [5.74, 6) is -1.32. The predicted octanol–water partition coefficient (Wildman–Crippen LogP) is 0.811. The van der Waals surface area contributed by atoms with Crippen molar-refractivity contribution in [2.75, 3.05) is 26.2 Å². The zero-order valence-electron chi connectivity index (χ0n) is 14.2. The standard InChI is InChI=1S/C15H17F3N6O2/c1-8-10(16)13(25)20-15(19-8)24-5-3-23(4-6-24)14(26)9-7-22(2)21-11(9)12(17)18/h7,10,12H,3-6H2,1-2H3. The van der Waals surface area contributed by atoms with Crippen molar-refractivity contribution in [3.8, 4) is 0 Å². The molecule has 0 N–H and O–H groups in total. The number of carbonyl (C=O) groups is 2. The van der Waals surface area contributed by atoms with Gasteiger partial charge in [-0.25, -0.2) is 18.2 Å². The van der Waals surface area contributed by atoms with Crippen molar-refractivity contribution in [3.63, 3.8) is 0 Å². The minimum Gasteiger partial charge on any atom is -0.337 e. The molecular formula is C15H17F3N6O2. The second kappa shape index (κ2) is 6.89. The average molecular weight is 370 g/mol. The number of halogens is 3. The number of hydrogen-bond donors (Lipinski definition) is 0. The quantitative estimate of drug-likeness (QED) is 0.771. The van der Waals surface area contributed by atoms with E-state index in [4.69, 9.17) is 0 Å². The van der Waals surface area contributed by atoms with Gasteiger partial charge in [-0.3, -0.25) is 14.3 Å². The molecule has 0 bridgehead atoms. The molecule has 11 heteroatoms. The summed E-state index contributed by atoms with van der Waals surface area (Å²) >= 11 is 0. The van der Waals surface area contributed by atoms with E-state index in [9.17, 15) is 22.8 Å². The normalized spacial score (nSPS) is 21.2. The lowest BCUT2D eigenvalue weighted by Gasteiger charge is -2.35. The molecule has 140 valence electrons. The molecule has 0 saturated carbocycles. The highest BCUT2D eigenvalue weighted by atomic mass is 19.3. The Morgan fingerprint density at radius 1 is 1.23 bits per heavy atom. The second-order valence-electron chi connectivity index (χ2n) is 6.05. The van der Waals surface area contributed by atoms with E-state index in [2.05, 4.69) is 15.1 Å². The molecule has 0 spiro atoms. The molecule has 3 heterocycles. The maximum absolute atomic E-state index is 13.4. The van der Waals surface area contributed by atoms with Gasteiger partial charge in [0.25, 0.3) is 18.2 Å². The van der Waals surface area contributed by atoms with Gasteiger partial charge < -0.3 is 9.80 Å². The van der Waals surface area contributed by atoms with Crippen molar-refractivity contribution in [1.29, 1.82) is 0 Å². The van der Waals surface area contributed by atoms with Crippen LogP contribution in [0, 0.1) is 0 Å².